The number of hydrogen-bond donors (Lipinski definition) is 1. The molecule has 0 atom stereocenters. The number of benzene rings is 2. The smallest absolute Gasteiger partial charge is 0.264 e. The Bertz CT molecular complexity index is 1000. The van der Waals surface area contributed by atoms with Crippen molar-refractivity contribution in [3.05, 3.63) is 82.0 Å². The molecule has 1 aromatic heterocycles. The number of rotatable bonds is 9. The molecule has 2 amide bonds. The fourth-order valence-corrected chi connectivity index (χ4v) is 4.01. The molecule has 31 heavy (non-hydrogen) atoms. The average molecular weight is 438 g/mol. The van der Waals surface area contributed by atoms with Crippen molar-refractivity contribution in [1.29, 1.82) is 0 Å². The Balaban J connectivity index is 1.92. The van der Waals surface area contributed by atoms with E-state index in [9.17, 15) is 9.59 Å². The van der Waals surface area contributed by atoms with Crippen molar-refractivity contribution in [2.75, 3.05) is 38.0 Å². The molecule has 0 aliphatic rings. The summed E-state index contributed by atoms with van der Waals surface area (Å²) < 4.78 is 4.90. The van der Waals surface area contributed by atoms with Crippen LogP contribution in [0.4, 0.5) is 11.4 Å². The first-order chi connectivity index (χ1) is 15.0. The summed E-state index contributed by atoms with van der Waals surface area (Å²) in [5, 5.41) is 4.75. The molecule has 1 N–H and O–H groups in total. The second kappa shape index (κ2) is 10.7. The zero-order valence-corrected chi connectivity index (χ0v) is 18.8. The van der Waals surface area contributed by atoms with Crippen LogP contribution >= 0.6 is 11.3 Å². The Hall–Kier alpha value is -3.16. The zero-order valence-electron chi connectivity index (χ0n) is 18.0. The molecule has 1 heterocycles. The van der Waals surface area contributed by atoms with Crippen molar-refractivity contribution in [3.63, 3.8) is 0 Å². The lowest BCUT2D eigenvalue weighted by molar-refractivity contribution is -0.119. The van der Waals surface area contributed by atoms with Gasteiger partial charge in [-0.2, -0.15) is 0 Å². The lowest BCUT2D eigenvalue weighted by atomic mass is 10.1. The van der Waals surface area contributed by atoms with E-state index in [4.69, 9.17) is 4.74 Å². The van der Waals surface area contributed by atoms with Crippen LogP contribution in [0.1, 0.15) is 20.8 Å². The minimum atomic E-state index is -0.221. The first-order valence-corrected chi connectivity index (χ1v) is 10.8. The van der Waals surface area contributed by atoms with E-state index >= 15 is 0 Å². The van der Waals surface area contributed by atoms with Gasteiger partial charge in [-0.3, -0.25) is 9.59 Å². The summed E-state index contributed by atoms with van der Waals surface area (Å²) >= 11 is 1.44. The van der Waals surface area contributed by atoms with E-state index < -0.39 is 0 Å². The van der Waals surface area contributed by atoms with Crippen LogP contribution < -0.4 is 10.2 Å². The second-order valence-electron chi connectivity index (χ2n) is 7.34. The van der Waals surface area contributed by atoms with E-state index in [0.29, 0.717) is 23.7 Å². The molecule has 0 radical (unpaired) electrons. The van der Waals surface area contributed by atoms with Gasteiger partial charge in [0.2, 0.25) is 5.91 Å². The highest BCUT2D eigenvalue weighted by Crippen LogP contribution is 2.26. The SMILES string of the molecule is COCC(=O)Nc1ccc(N(C)C)c(CN(Cc2ccccc2)C(=O)c2cccs2)c1. The quantitative estimate of drug-likeness (QED) is 0.544. The highest BCUT2D eigenvalue weighted by Gasteiger charge is 2.20. The van der Waals surface area contributed by atoms with Crippen molar-refractivity contribution < 1.29 is 14.3 Å². The Morgan fingerprint density at radius 1 is 1.00 bits per heavy atom. The molecule has 3 rings (SSSR count). The van der Waals surface area contributed by atoms with E-state index in [1.54, 1.807) is 0 Å². The molecular formula is C24H27N3O3S. The van der Waals surface area contributed by atoms with E-state index in [1.807, 2.05) is 89.9 Å². The maximum atomic E-state index is 13.3. The molecule has 7 heteroatoms. The molecule has 0 saturated carbocycles. The maximum Gasteiger partial charge on any atom is 0.264 e. The Kier molecular flexibility index (Phi) is 7.81. The van der Waals surface area contributed by atoms with Crippen molar-refractivity contribution in [1.82, 2.24) is 4.90 Å². The molecule has 3 aromatic rings. The van der Waals surface area contributed by atoms with Gasteiger partial charge in [-0.1, -0.05) is 36.4 Å². The average Bonchev–Trinajstić information content (AvgIpc) is 3.28. The second-order valence-corrected chi connectivity index (χ2v) is 8.29. The van der Waals surface area contributed by atoms with Crippen LogP contribution in [0.25, 0.3) is 0 Å². The first kappa shape index (κ1) is 22.5. The number of ether oxygens (including phenoxy) is 1. The largest absolute Gasteiger partial charge is 0.377 e. The number of thiophene rings is 1. The van der Waals surface area contributed by atoms with E-state index in [1.165, 1.54) is 18.4 Å². The van der Waals surface area contributed by atoms with Crippen LogP contribution in [-0.4, -0.2) is 44.5 Å². The van der Waals surface area contributed by atoms with Gasteiger partial charge in [-0.05, 0) is 40.8 Å². The van der Waals surface area contributed by atoms with Crippen molar-refractivity contribution in [2.24, 2.45) is 0 Å². The van der Waals surface area contributed by atoms with Gasteiger partial charge >= 0.3 is 0 Å². The molecular weight excluding hydrogens is 410 g/mol. The minimum absolute atomic E-state index is 0.0121. The fourth-order valence-electron chi connectivity index (χ4n) is 3.32. The highest BCUT2D eigenvalue weighted by molar-refractivity contribution is 7.12. The van der Waals surface area contributed by atoms with Crippen LogP contribution in [0.15, 0.2) is 66.0 Å². The van der Waals surface area contributed by atoms with E-state index in [0.717, 1.165) is 16.8 Å². The number of methoxy groups -OCH3 is 1. The third-order valence-corrected chi connectivity index (χ3v) is 5.57. The van der Waals surface area contributed by atoms with Gasteiger partial charge in [0.15, 0.2) is 0 Å². The molecule has 162 valence electrons. The molecule has 0 saturated heterocycles. The number of hydrogen-bond acceptors (Lipinski definition) is 5. The predicted octanol–water partition coefficient (Wildman–Crippen LogP) is 4.24. The van der Waals surface area contributed by atoms with Gasteiger partial charge in [-0.25, -0.2) is 0 Å². The van der Waals surface area contributed by atoms with Crippen LogP contribution in [0.2, 0.25) is 0 Å². The van der Waals surface area contributed by atoms with Crippen LogP contribution in [0.5, 0.6) is 0 Å². The molecule has 0 spiro atoms. The van der Waals surface area contributed by atoms with Gasteiger partial charge in [0, 0.05) is 45.7 Å². The zero-order chi connectivity index (χ0) is 22.2. The summed E-state index contributed by atoms with van der Waals surface area (Å²) in [6.07, 6.45) is 0. The van der Waals surface area contributed by atoms with Crippen LogP contribution in [0.3, 0.4) is 0 Å². The number of carbonyl (C=O) groups excluding carboxylic acids is 2. The lowest BCUT2D eigenvalue weighted by Crippen LogP contribution is -2.30. The van der Waals surface area contributed by atoms with Gasteiger partial charge in [0.25, 0.3) is 5.91 Å². The molecule has 0 fully saturated rings. The topological polar surface area (TPSA) is 61.9 Å². The number of nitrogens with one attached hydrogen (secondary N) is 1. The third-order valence-electron chi connectivity index (χ3n) is 4.72. The van der Waals surface area contributed by atoms with E-state index in [-0.39, 0.29) is 18.4 Å². The lowest BCUT2D eigenvalue weighted by Gasteiger charge is -2.26. The van der Waals surface area contributed by atoms with Gasteiger partial charge in [0.05, 0.1) is 4.88 Å². The molecule has 0 aliphatic heterocycles. The van der Waals surface area contributed by atoms with Crippen molar-refractivity contribution >= 4 is 34.5 Å². The van der Waals surface area contributed by atoms with Gasteiger partial charge in [-0.15, -0.1) is 11.3 Å². The fraction of sp³-hybridized carbons (Fsp3) is 0.250. The molecule has 0 bridgehead atoms. The standard InChI is InChI=1S/C24H27N3O3S/c1-26(2)21-12-11-20(25-23(28)17-30-3)14-19(21)16-27(15-18-8-5-4-6-9-18)24(29)22-10-7-13-31-22/h4-14H,15-17H2,1-3H3,(H,25,28). The number of carbonyl (C=O) groups is 2. The van der Waals surface area contributed by atoms with Crippen LogP contribution in [-0.2, 0) is 22.6 Å². The molecule has 2 aromatic carbocycles. The van der Waals surface area contributed by atoms with E-state index in [2.05, 4.69) is 5.32 Å². The predicted molar refractivity (Wildman–Crippen MR) is 126 cm³/mol. The number of amides is 2. The van der Waals surface area contributed by atoms with Crippen molar-refractivity contribution in [2.45, 2.75) is 13.1 Å². The highest BCUT2D eigenvalue weighted by atomic mass is 32.1. The van der Waals surface area contributed by atoms with Gasteiger partial charge < -0.3 is 19.9 Å². The van der Waals surface area contributed by atoms with Crippen LogP contribution in [0, 0.1) is 0 Å². The normalized spacial score (nSPS) is 10.5. The Morgan fingerprint density at radius 2 is 1.77 bits per heavy atom. The summed E-state index contributed by atoms with van der Waals surface area (Å²) in [7, 11) is 5.41. The summed E-state index contributed by atoms with van der Waals surface area (Å²) in [4.78, 5) is 29.8. The monoisotopic (exact) mass is 437 g/mol. The summed E-state index contributed by atoms with van der Waals surface area (Å²) in [6.45, 7) is 0.888. The minimum Gasteiger partial charge on any atom is -0.377 e. The first-order valence-electron chi connectivity index (χ1n) is 9.93. The summed E-state index contributed by atoms with van der Waals surface area (Å²) in [5.74, 6) is -0.237. The molecule has 0 aliphatic carbocycles. The summed E-state index contributed by atoms with van der Waals surface area (Å²) in [6, 6.07) is 19.4. The maximum absolute atomic E-state index is 13.3. The summed E-state index contributed by atoms with van der Waals surface area (Å²) in [5.41, 5.74) is 3.66. The molecule has 0 unspecified atom stereocenters. The van der Waals surface area contributed by atoms with Gasteiger partial charge in [0.1, 0.15) is 6.61 Å². The Labute approximate surface area is 187 Å². The Morgan fingerprint density at radius 3 is 2.42 bits per heavy atom. The third kappa shape index (κ3) is 6.16. The number of nitrogens with zero attached hydrogens (tertiary/aromatic N) is 2. The number of anilines is 2. The van der Waals surface area contributed by atoms with Crippen molar-refractivity contribution in [3.8, 4) is 0 Å². The molecule has 6 nitrogen and oxygen atoms in total.